The lowest BCUT2D eigenvalue weighted by Crippen LogP contribution is -2.14. The first-order valence-corrected chi connectivity index (χ1v) is 9.12. The van der Waals surface area contributed by atoms with Crippen molar-refractivity contribution in [3.8, 4) is 28.7 Å². The molecule has 1 unspecified atom stereocenters. The SMILES string of the molecule is CC(=O)Oc1cc2c(cc1C(C1=C(O)COC1=O)c1ccc3c(c1)OCO3)OCO2. The Kier molecular flexibility index (Phi) is 4.16. The number of aliphatic hydroxyl groups is 1. The molecule has 2 aromatic rings. The third-order valence-corrected chi connectivity index (χ3v) is 4.96. The third-order valence-electron chi connectivity index (χ3n) is 4.96. The number of hydrogen-bond donors (Lipinski definition) is 1. The van der Waals surface area contributed by atoms with E-state index in [4.69, 9.17) is 28.4 Å². The summed E-state index contributed by atoms with van der Waals surface area (Å²) >= 11 is 0. The van der Waals surface area contributed by atoms with Crippen molar-refractivity contribution in [1.29, 1.82) is 0 Å². The van der Waals surface area contributed by atoms with Gasteiger partial charge in [0.25, 0.3) is 0 Å². The Labute approximate surface area is 170 Å². The molecule has 3 aliphatic rings. The average Bonchev–Trinajstić information content (AvgIpc) is 3.43. The summed E-state index contributed by atoms with van der Waals surface area (Å²) in [6, 6.07) is 8.31. The fraction of sp³-hybridized carbons (Fsp3) is 0.238. The molecule has 0 aliphatic carbocycles. The van der Waals surface area contributed by atoms with Crippen molar-refractivity contribution in [3.05, 3.63) is 52.8 Å². The maximum absolute atomic E-state index is 12.5. The first-order valence-electron chi connectivity index (χ1n) is 9.12. The van der Waals surface area contributed by atoms with Gasteiger partial charge in [-0.25, -0.2) is 4.79 Å². The summed E-state index contributed by atoms with van der Waals surface area (Å²) in [5.74, 6) is -0.158. The van der Waals surface area contributed by atoms with E-state index < -0.39 is 17.9 Å². The largest absolute Gasteiger partial charge is 0.508 e. The number of rotatable bonds is 4. The van der Waals surface area contributed by atoms with E-state index in [0.29, 0.717) is 34.1 Å². The van der Waals surface area contributed by atoms with E-state index in [9.17, 15) is 14.7 Å². The Balaban J connectivity index is 1.72. The number of aliphatic hydroxyl groups excluding tert-OH is 1. The van der Waals surface area contributed by atoms with Crippen LogP contribution in [-0.4, -0.2) is 37.2 Å². The Morgan fingerprint density at radius 1 is 0.967 bits per heavy atom. The molecule has 5 rings (SSSR count). The molecule has 0 amide bonds. The lowest BCUT2D eigenvalue weighted by atomic mass is 9.83. The van der Waals surface area contributed by atoms with E-state index in [1.54, 1.807) is 24.3 Å². The van der Waals surface area contributed by atoms with Crippen molar-refractivity contribution in [1.82, 2.24) is 0 Å². The molecular formula is C21H16O9. The summed E-state index contributed by atoms with van der Waals surface area (Å²) < 4.78 is 32.1. The molecule has 1 atom stereocenters. The van der Waals surface area contributed by atoms with E-state index in [2.05, 4.69) is 0 Å². The highest BCUT2D eigenvalue weighted by Crippen LogP contribution is 2.47. The molecule has 0 bridgehead atoms. The van der Waals surface area contributed by atoms with Crippen LogP contribution in [0.25, 0.3) is 0 Å². The number of carbonyl (C=O) groups is 2. The van der Waals surface area contributed by atoms with Crippen LogP contribution in [0, 0.1) is 0 Å². The first kappa shape index (κ1) is 18.2. The van der Waals surface area contributed by atoms with Crippen molar-refractivity contribution in [2.75, 3.05) is 20.2 Å². The van der Waals surface area contributed by atoms with Crippen molar-refractivity contribution in [3.63, 3.8) is 0 Å². The minimum Gasteiger partial charge on any atom is -0.508 e. The van der Waals surface area contributed by atoms with Gasteiger partial charge in [0.2, 0.25) is 13.6 Å². The molecule has 1 N–H and O–H groups in total. The number of cyclic esters (lactones) is 1. The molecule has 2 aromatic carbocycles. The van der Waals surface area contributed by atoms with Gasteiger partial charge in [-0.15, -0.1) is 0 Å². The zero-order valence-corrected chi connectivity index (χ0v) is 15.8. The molecule has 0 spiro atoms. The Morgan fingerprint density at radius 3 is 2.30 bits per heavy atom. The molecular weight excluding hydrogens is 396 g/mol. The summed E-state index contributed by atoms with van der Waals surface area (Å²) in [5, 5.41) is 10.4. The Bertz CT molecular complexity index is 1100. The van der Waals surface area contributed by atoms with E-state index in [1.165, 1.54) is 13.0 Å². The fourth-order valence-corrected chi connectivity index (χ4v) is 3.69. The lowest BCUT2D eigenvalue weighted by Gasteiger charge is -2.21. The minimum absolute atomic E-state index is 0.0168. The quantitative estimate of drug-likeness (QED) is 0.598. The summed E-state index contributed by atoms with van der Waals surface area (Å²) in [4.78, 5) is 24.3. The molecule has 0 fully saturated rings. The monoisotopic (exact) mass is 412 g/mol. The van der Waals surface area contributed by atoms with E-state index >= 15 is 0 Å². The van der Waals surface area contributed by atoms with Crippen LogP contribution in [0.3, 0.4) is 0 Å². The molecule has 3 aliphatic heterocycles. The predicted octanol–water partition coefficient (Wildman–Crippen LogP) is 2.57. The Morgan fingerprint density at radius 2 is 1.63 bits per heavy atom. The molecule has 154 valence electrons. The fourth-order valence-electron chi connectivity index (χ4n) is 3.69. The smallest absolute Gasteiger partial charge is 0.338 e. The highest BCUT2D eigenvalue weighted by molar-refractivity contribution is 5.94. The van der Waals surface area contributed by atoms with Gasteiger partial charge in [0.1, 0.15) is 18.1 Å². The maximum Gasteiger partial charge on any atom is 0.338 e. The summed E-state index contributed by atoms with van der Waals surface area (Å²) in [5.41, 5.74) is 1.07. The summed E-state index contributed by atoms with van der Waals surface area (Å²) in [6.45, 7) is 1.14. The lowest BCUT2D eigenvalue weighted by molar-refractivity contribution is -0.136. The molecule has 9 heteroatoms. The van der Waals surface area contributed by atoms with Gasteiger partial charge in [-0.1, -0.05) is 6.07 Å². The Hall–Kier alpha value is -3.88. The first-order chi connectivity index (χ1) is 14.5. The van der Waals surface area contributed by atoms with Crippen LogP contribution >= 0.6 is 0 Å². The zero-order valence-electron chi connectivity index (χ0n) is 15.8. The maximum atomic E-state index is 12.5. The van der Waals surface area contributed by atoms with E-state index in [1.807, 2.05) is 0 Å². The van der Waals surface area contributed by atoms with E-state index in [-0.39, 0.29) is 37.3 Å². The van der Waals surface area contributed by atoms with E-state index in [0.717, 1.165) is 0 Å². The number of carbonyl (C=O) groups excluding carboxylic acids is 2. The van der Waals surface area contributed by atoms with Gasteiger partial charge in [0.15, 0.2) is 23.0 Å². The number of hydrogen-bond acceptors (Lipinski definition) is 9. The van der Waals surface area contributed by atoms with Crippen LogP contribution in [0.15, 0.2) is 41.7 Å². The normalized spacial score (nSPS) is 17.2. The number of benzene rings is 2. The summed E-state index contributed by atoms with van der Waals surface area (Å²) in [7, 11) is 0. The molecule has 9 nitrogen and oxygen atoms in total. The van der Waals surface area contributed by atoms with Crippen LogP contribution in [0.1, 0.15) is 24.0 Å². The van der Waals surface area contributed by atoms with Gasteiger partial charge in [-0.05, 0) is 23.8 Å². The predicted molar refractivity (Wildman–Crippen MR) is 98.9 cm³/mol. The topological polar surface area (TPSA) is 110 Å². The molecule has 3 heterocycles. The average molecular weight is 412 g/mol. The highest BCUT2D eigenvalue weighted by atomic mass is 16.7. The number of esters is 2. The van der Waals surface area contributed by atoms with Crippen LogP contribution in [0.2, 0.25) is 0 Å². The van der Waals surface area contributed by atoms with Gasteiger partial charge < -0.3 is 33.5 Å². The van der Waals surface area contributed by atoms with Gasteiger partial charge in [-0.3, -0.25) is 4.79 Å². The molecule has 30 heavy (non-hydrogen) atoms. The summed E-state index contributed by atoms with van der Waals surface area (Å²) in [6.07, 6.45) is 0. The zero-order chi connectivity index (χ0) is 20.8. The van der Waals surface area contributed by atoms with Crippen molar-refractivity contribution in [2.24, 2.45) is 0 Å². The second-order valence-electron chi connectivity index (χ2n) is 6.82. The van der Waals surface area contributed by atoms with Crippen LogP contribution < -0.4 is 23.7 Å². The molecule has 0 saturated heterocycles. The van der Waals surface area contributed by atoms with Gasteiger partial charge in [-0.2, -0.15) is 0 Å². The minimum atomic E-state index is -0.821. The second-order valence-corrected chi connectivity index (χ2v) is 6.82. The third kappa shape index (κ3) is 2.95. The highest BCUT2D eigenvalue weighted by Gasteiger charge is 2.37. The van der Waals surface area contributed by atoms with Crippen LogP contribution in [-0.2, 0) is 14.3 Å². The van der Waals surface area contributed by atoms with Crippen LogP contribution in [0.5, 0.6) is 28.7 Å². The molecule has 0 aromatic heterocycles. The van der Waals surface area contributed by atoms with Gasteiger partial charge in [0, 0.05) is 24.5 Å². The second kappa shape index (κ2) is 6.87. The van der Waals surface area contributed by atoms with Gasteiger partial charge in [0.05, 0.1) is 5.57 Å². The van der Waals surface area contributed by atoms with Crippen molar-refractivity contribution in [2.45, 2.75) is 12.8 Å². The van der Waals surface area contributed by atoms with Crippen molar-refractivity contribution >= 4 is 11.9 Å². The number of fused-ring (bicyclic) bond motifs is 2. The standard InChI is InChI=1S/C21H16O9/c1-10(22)30-15-6-18-17(28-9-29-18)5-12(15)19(20-13(23)7-25-21(20)24)11-2-3-14-16(4-11)27-8-26-14/h2-6,19,23H,7-9H2,1H3. The number of ether oxygens (including phenoxy) is 6. The van der Waals surface area contributed by atoms with Crippen LogP contribution in [0.4, 0.5) is 0 Å². The molecule has 0 radical (unpaired) electrons. The molecule has 0 saturated carbocycles. The van der Waals surface area contributed by atoms with Crippen molar-refractivity contribution < 1.29 is 43.1 Å². The van der Waals surface area contributed by atoms with Gasteiger partial charge >= 0.3 is 11.9 Å².